The van der Waals surface area contributed by atoms with Crippen LogP contribution in [-0.2, 0) is 4.84 Å². The molecule has 0 radical (unpaired) electrons. The Hall–Kier alpha value is -1.62. The predicted molar refractivity (Wildman–Crippen MR) is 56.6 cm³/mol. The largest absolute Gasteiger partial charge is 0.384 e. The molecule has 1 rings (SSSR count). The molecule has 0 atom stereocenters. The minimum absolute atomic E-state index is 0.255. The second kappa shape index (κ2) is 5.31. The van der Waals surface area contributed by atoms with Gasteiger partial charge in [0.15, 0.2) is 0 Å². The van der Waals surface area contributed by atoms with Crippen molar-refractivity contribution in [1.29, 1.82) is 0 Å². The summed E-state index contributed by atoms with van der Waals surface area (Å²) in [5.41, 5.74) is 5.63. The van der Waals surface area contributed by atoms with Gasteiger partial charge in [0.1, 0.15) is 11.0 Å². The summed E-state index contributed by atoms with van der Waals surface area (Å²) >= 11 is 5.56. The van der Waals surface area contributed by atoms with Gasteiger partial charge in [-0.2, -0.15) is 0 Å². The maximum absolute atomic E-state index is 11.3. The number of halogens is 1. The number of oxime groups is 1. The zero-order valence-corrected chi connectivity index (χ0v) is 8.86. The number of hydrogen-bond donors (Lipinski definition) is 1. The van der Waals surface area contributed by atoms with Gasteiger partial charge in [-0.3, -0.25) is 0 Å². The fourth-order valence-electron chi connectivity index (χ4n) is 0.714. The highest BCUT2D eigenvalue weighted by atomic mass is 35.5. The van der Waals surface area contributed by atoms with E-state index in [0.717, 1.165) is 0 Å². The van der Waals surface area contributed by atoms with Gasteiger partial charge in [-0.15, -0.1) is 0 Å². The number of carbonyl (C=O) groups excluding carboxylic acids is 1. The average Bonchev–Trinajstić information content (AvgIpc) is 2.26. The van der Waals surface area contributed by atoms with Crippen molar-refractivity contribution < 1.29 is 9.63 Å². The molecule has 0 spiro atoms. The first kappa shape index (κ1) is 11.5. The monoisotopic (exact) mass is 227 g/mol. The molecule has 0 aromatic carbocycles. The fraction of sp³-hybridized carbons (Fsp3) is 0.222. The topological polar surface area (TPSA) is 77.6 Å². The number of rotatable bonds is 3. The molecular weight excluding hydrogens is 218 g/mol. The van der Waals surface area contributed by atoms with Crippen LogP contribution in [0.15, 0.2) is 23.5 Å². The summed E-state index contributed by atoms with van der Waals surface area (Å²) in [6.45, 7) is 1.80. The summed E-state index contributed by atoms with van der Waals surface area (Å²) in [5.74, 6) is -0.360. The number of carbonyl (C=O) groups is 1. The van der Waals surface area contributed by atoms with E-state index in [1.165, 1.54) is 18.3 Å². The van der Waals surface area contributed by atoms with Gasteiger partial charge in [0.2, 0.25) is 0 Å². The van der Waals surface area contributed by atoms with Crippen LogP contribution in [0.3, 0.4) is 0 Å². The van der Waals surface area contributed by atoms with Crippen LogP contribution in [-0.4, -0.2) is 16.8 Å². The Labute approximate surface area is 91.9 Å². The van der Waals surface area contributed by atoms with Crippen LogP contribution in [0.1, 0.15) is 23.7 Å². The highest BCUT2D eigenvalue weighted by Gasteiger charge is 2.07. The number of hydrogen-bond acceptors (Lipinski definition) is 4. The molecule has 0 fully saturated rings. The van der Waals surface area contributed by atoms with Crippen LogP contribution in [0, 0.1) is 0 Å². The summed E-state index contributed by atoms with van der Waals surface area (Å²) < 4.78 is 0. The van der Waals surface area contributed by atoms with Gasteiger partial charge in [0.25, 0.3) is 0 Å². The first-order valence-electron chi connectivity index (χ1n) is 4.28. The van der Waals surface area contributed by atoms with Crippen LogP contribution >= 0.6 is 11.6 Å². The van der Waals surface area contributed by atoms with E-state index < -0.39 is 5.97 Å². The van der Waals surface area contributed by atoms with Gasteiger partial charge in [-0.25, -0.2) is 9.78 Å². The first-order chi connectivity index (χ1) is 7.13. The maximum atomic E-state index is 11.3. The number of nitrogens with two attached hydrogens (primary N) is 1. The number of aromatic nitrogens is 1. The molecule has 0 aliphatic carbocycles. The first-order valence-corrected chi connectivity index (χ1v) is 4.66. The second-order valence-corrected chi connectivity index (χ2v) is 3.07. The van der Waals surface area contributed by atoms with E-state index in [-0.39, 0.29) is 11.4 Å². The Balaban J connectivity index is 2.66. The fourth-order valence-corrected chi connectivity index (χ4v) is 0.826. The van der Waals surface area contributed by atoms with Crippen molar-refractivity contribution in [3.05, 3.63) is 29.0 Å². The zero-order valence-electron chi connectivity index (χ0n) is 8.11. The van der Waals surface area contributed by atoms with Gasteiger partial charge in [-0.1, -0.05) is 23.7 Å². The van der Waals surface area contributed by atoms with E-state index in [1.54, 1.807) is 6.92 Å². The molecule has 0 bridgehead atoms. The molecule has 0 aliphatic rings. The predicted octanol–water partition coefficient (Wildman–Crippen LogP) is 1.57. The van der Waals surface area contributed by atoms with Crippen molar-refractivity contribution in [2.75, 3.05) is 0 Å². The molecular formula is C9H10ClN3O2. The lowest BCUT2D eigenvalue weighted by Crippen LogP contribution is -2.12. The van der Waals surface area contributed by atoms with Crippen molar-refractivity contribution >= 4 is 23.4 Å². The molecule has 0 aliphatic heterocycles. The Morgan fingerprint density at radius 3 is 2.93 bits per heavy atom. The van der Waals surface area contributed by atoms with Crippen molar-refractivity contribution in [2.45, 2.75) is 13.3 Å². The van der Waals surface area contributed by atoms with Gasteiger partial charge in [0, 0.05) is 12.6 Å². The van der Waals surface area contributed by atoms with Crippen molar-refractivity contribution in [2.24, 2.45) is 10.9 Å². The van der Waals surface area contributed by atoms with Gasteiger partial charge in [-0.05, 0) is 12.1 Å². The third-order valence-electron chi connectivity index (χ3n) is 1.57. The SMILES string of the molecule is CC/C(N)=N/OC(=O)c1ccc(Cl)nc1. The van der Waals surface area contributed by atoms with Crippen LogP contribution < -0.4 is 5.73 Å². The summed E-state index contributed by atoms with van der Waals surface area (Å²) in [5, 5.41) is 3.73. The third-order valence-corrected chi connectivity index (χ3v) is 1.79. The van der Waals surface area contributed by atoms with E-state index in [2.05, 4.69) is 15.0 Å². The van der Waals surface area contributed by atoms with Crippen molar-refractivity contribution in [1.82, 2.24) is 4.98 Å². The Morgan fingerprint density at radius 1 is 1.67 bits per heavy atom. The van der Waals surface area contributed by atoms with Gasteiger partial charge in [0.05, 0.1) is 5.56 Å². The van der Waals surface area contributed by atoms with Crippen molar-refractivity contribution in [3.63, 3.8) is 0 Å². The van der Waals surface area contributed by atoms with Crippen LogP contribution in [0.4, 0.5) is 0 Å². The molecule has 15 heavy (non-hydrogen) atoms. The lowest BCUT2D eigenvalue weighted by atomic mass is 10.3. The Kier molecular flexibility index (Phi) is 4.05. The van der Waals surface area contributed by atoms with E-state index in [4.69, 9.17) is 17.3 Å². The van der Waals surface area contributed by atoms with Gasteiger partial charge >= 0.3 is 5.97 Å². The average molecular weight is 228 g/mol. The molecule has 0 saturated heterocycles. The lowest BCUT2D eigenvalue weighted by Gasteiger charge is -1.98. The van der Waals surface area contributed by atoms with E-state index in [0.29, 0.717) is 11.6 Å². The molecule has 80 valence electrons. The quantitative estimate of drug-likeness (QED) is 0.280. The van der Waals surface area contributed by atoms with E-state index in [9.17, 15) is 4.79 Å². The highest BCUT2D eigenvalue weighted by Crippen LogP contribution is 2.06. The Bertz CT molecular complexity index is 375. The minimum Gasteiger partial charge on any atom is -0.384 e. The number of pyridine rings is 1. The molecule has 6 heteroatoms. The number of amidine groups is 1. The van der Waals surface area contributed by atoms with E-state index in [1.807, 2.05) is 0 Å². The molecule has 1 aromatic rings. The summed E-state index contributed by atoms with van der Waals surface area (Å²) in [4.78, 5) is 19.6. The molecule has 0 amide bonds. The maximum Gasteiger partial charge on any atom is 0.367 e. The third kappa shape index (κ3) is 3.55. The normalized spacial score (nSPS) is 11.2. The smallest absolute Gasteiger partial charge is 0.367 e. The van der Waals surface area contributed by atoms with Crippen LogP contribution in [0.5, 0.6) is 0 Å². The zero-order chi connectivity index (χ0) is 11.3. The summed E-state index contributed by atoms with van der Waals surface area (Å²) in [7, 11) is 0. The molecule has 0 unspecified atom stereocenters. The summed E-state index contributed by atoms with van der Waals surface area (Å²) in [6, 6.07) is 2.99. The minimum atomic E-state index is -0.615. The van der Waals surface area contributed by atoms with Crippen LogP contribution in [0.2, 0.25) is 5.15 Å². The number of nitrogens with zero attached hydrogens (tertiary/aromatic N) is 2. The highest BCUT2D eigenvalue weighted by molar-refractivity contribution is 6.29. The lowest BCUT2D eigenvalue weighted by molar-refractivity contribution is 0.0514. The van der Waals surface area contributed by atoms with Gasteiger partial charge < -0.3 is 10.6 Å². The molecule has 0 saturated carbocycles. The van der Waals surface area contributed by atoms with E-state index >= 15 is 0 Å². The van der Waals surface area contributed by atoms with Crippen LogP contribution in [0.25, 0.3) is 0 Å². The Morgan fingerprint density at radius 2 is 2.40 bits per heavy atom. The molecule has 5 nitrogen and oxygen atoms in total. The molecule has 2 N–H and O–H groups in total. The molecule has 1 heterocycles. The molecule has 1 aromatic heterocycles. The second-order valence-electron chi connectivity index (χ2n) is 2.68. The standard InChI is InChI=1S/C9H10ClN3O2/c1-2-8(11)13-15-9(14)6-3-4-7(10)12-5-6/h3-5H,2H2,1H3,(H2,11,13). The summed E-state index contributed by atoms with van der Waals surface area (Å²) in [6.07, 6.45) is 1.83. The van der Waals surface area contributed by atoms with Crippen molar-refractivity contribution in [3.8, 4) is 0 Å².